The Kier molecular flexibility index (Phi) is 4.56. The second-order valence-electron chi connectivity index (χ2n) is 4.58. The van der Waals surface area contributed by atoms with E-state index in [0.29, 0.717) is 17.1 Å². The molecule has 1 aromatic carbocycles. The molecule has 5 heteroatoms. The molecule has 0 bridgehead atoms. The summed E-state index contributed by atoms with van der Waals surface area (Å²) in [6.07, 6.45) is 1.61. The summed E-state index contributed by atoms with van der Waals surface area (Å²) >= 11 is 3.41. The molecule has 3 nitrogen and oxygen atoms in total. The number of nitrogens with one attached hydrogen (secondary N) is 1. The molecule has 1 amide bonds. The molecule has 0 aliphatic carbocycles. The van der Waals surface area contributed by atoms with Crippen LogP contribution >= 0.6 is 15.9 Å². The van der Waals surface area contributed by atoms with Gasteiger partial charge < -0.3 is 5.32 Å². The standard InChI is InChI=1S/C13H16BrNO2S/c1-9-2-3-11(12(14)8-9)13(16)15-10-4-6-18(17)7-5-10/h2-3,8,10H,4-7H2,1H3,(H,15,16). The SMILES string of the molecule is Cc1ccc(C(=O)NC2CCS(=O)CC2)c(Br)c1. The van der Waals surface area contributed by atoms with E-state index in [1.165, 1.54) is 0 Å². The lowest BCUT2D eigenvalue weighted by atomic mass is 10.1. The van der Waals surface area contributed by atoms with E-state index in [0.717, 1.165) is 22.9 Å². The van der Waals surface area contributed by atoms with Gasteiger partial charge in [0.1, 0.15) is 0 Å². The van der Waals surface area contributed by atoms with Crippen LogP contribution in [0.1, 0.15) is 28.8 Å². The first-order chi connectivity index (χ1) is 8.56. The van der Waals surface area contributed by atoms with Gasteiger partial charge in [0.2, 0.25) is 0 Å². The summed E-state index contributed by atoms with van der Waals surface area (Å²) in [7, 11) is -0.688. The monoisotopic (exact) mass is 329 g/mol. The van der Waals surface area contributed by atoms with Gasteiger partial charge in [-0.2, -0.15) is 0 Å². The fourth-order valence-electron chi connectivity index (χ4n) is 2.01. The van der Waals surface area contributed by atoms with E-state index >= 15 is 0 Å². The third kappa shape index (κ3) is 3.42. The number of halogens is 1. The van der Waals surface area contributed by atoms with Crippen LogP contribution in [0.3, 0.4) is 0 Å². The molecule has 18 heavy (non-hydrogen) atoms. The first-order valence-electron chi connectivity index (χ1n) is 5.98. The van der Waals surface area contributed by atoms with Gasteiger partial charge in [-0.15, -0.1) is 0 Å². The van der Waals surface area contributed by atoms with Crippen LogP contribution in [-0.2, 0) is 10.8 Å². The average Bonchev–Trinajstić information content (AvgIpc) is 2.32. The lowest BCUT2D eigenvalue weighted by molar-refractivity contribution is 0.0934. The highest BCUT2D eigenvalue weighted by atomic mass is 79.9. The number of hydrogen-bond donors (Lipinski definition) is 1. The minimum atomic E-state index is -0.688. The number of carbonyl (C=O) groups excluding carboxylic acids is 1. The maximum absolute atomic E-state index is 12.1. The number of aryl methyl sites for hydroxylation is 1. The van der Waals surface area contributed by atoms with Gasteiger partial charge in [-0.05, 0) is 53.4 Å². The molecule has 0 spiro atoms. The highest BCUT2D eigenvalue weighted by Crippen LogP contribution is 2.19. The Labute approximate surface area is 118 Å². The molecule has 1 aliphatic rings. The fourth-order valence-corrected chi connectivity index (χ4v) is 3.98. The predicted molar refractivity (Wildman–Crippen MR) is 77.2 cm³/mol. The topological polar surface area (TPSA) is 46.2 Å². The van der Waals surface area contributed by atoms with Crippen LogP contribution < -0.4 is 5.32 Å². The minimum Gasteiger partial charge on any atom is -0.349 e. The minimum absolute atomic E-state index is 0.0560. The van der Waals surface area contributed by atoms with Crippen molar-refractivity contribution in [1.82, 2.24) is 5.32 Å². The van der Waals surface area contributed by atoms with E-state index in [2.05, 4.69) is 21.2 Å². The first-order valence-corrected chi connectivity index (χ1v) is 8.26. The zero-order valence-electron chi connectivity index (χ0n) is 10.2. The maximum Gasteiger partial charge on any atom is 0.252 e. The third-order valence-corrected chi connectivity index (χ3v) is 5.13. The van der Waals surface area contributed by atoms with E-state index in [4.69, 9.17) is 0 Å². The van der Waals surface area contributed by atoms with Crippen LogP contribution in [0.15, 0.2) is 22.7 Å². The van der Waals surface area contributed by atoms with Gasteiger partial charge in [-0.1, -0.05) is 6.07 Å². The van der Waals surface area contributed by atoms with Crippen LogP contribution in [0, 0.1) is 6.92 Å². The molecule has 0 unspecified atom stereocenters. The Hall–Kier alpha value is -0.680. The lowest BCUT2D eigenvalue weighted by Crippen LogP contribution is -2.39. The van der Waals surface area contributed by atoms with E-state index in [9.17, 15) is 9.00 Å². The fraction of sp³-hybridized carbons (Fsp3) is 0.462. The Bertz CT molecular complexity index is 480. The Morgan fingerprint density at radius 3 is 2.67 bits per heavy atom. The largest absolute Gasteiger partial charge is 0.349 e. The summed E-state index contributed by atoms with van der Waals surface area (Å²) < 4.78 is 12.1. The second kappa shape index (κ2) is 5.97. The smallest absolute Gasteiger partial charge is 0.252 e. The summed E-state index contributed by atoms with van der Waals surface area (Å²) in [6, 6.07) is 5.85. The summed E-state index contributed by atoms with van der Waals surface area (Å²) in [5.74, 6) is 1.33. The second-order valence-corrected chi connectivity index (χ2v) is 7.13. The van der Waals surface area contributed by atoms with Crippen molar-refractivity contribution in [3.8, 4) is 0 Å². The molecule has 0 aromatic heterocycles. The van der Waals surface area contributed by atoms with Crippen molar-refractivity contribution in [2.24, 2.45) is 0 Å². The van der Waals surface area contributed by atoms with E-state index in [1.807, 2.05) is 25.1 Å². The van der Waals surface area contributed by atoms with Crippen molar-refractivity contribution in [3.05, 3.63) is 33.8 Å². The summed E-state index contributed by atoms with van der Waals surface area (Å²) in [4.78, 5) is 12.1. The number of hydrogen-bond acceptors (Lipinski definition) is 2. The summed E-state index contributed by atoms with van der Waals surface area (Å²) in [6.45, 7) is 1.99. The lowest BCUT2D eigenvalue weighted by Gasteiger charge is -2.22. The number of amides is 1. The number of rotatable bonds is 2. The Morgan fingerprint density at radius 2 is 2.06 bits per heavy atom. The van der Waals surface area contributed by atoms with E-state index in [-0.39, 0.29) is 11.9 Å². The highest BCUT2D eigenvalue weighted by molar-refractivity contribution is 9.10. The molecule has 1 saturated heterocycles. The molecule has 0 atom stereocenters. The van der Waals surface area contributed by atoms with Crippen molar-refractivity contribution in [3.63, 3.8) is 0 Å². The Balaban J connectivity index is 2.01. The van der Waals surface area contributed by atoms with Gasteiger partial charge in [-0.3, -0.25) is 9.00 Å². The average molecular weight is 330 g/mol. The van der Waals surface area contributed by atoms with Crippen molar-refractivity contribution in [1.29, 1.82) is 0 Å². The summed E-state index contributed by atoms with van der Waals surface area (Å²) in [5, 5.41) is 3.01. The van der Waals surface area contributed by atoms with Crippen molar-refractivity contribution in [2.75, 3.05) is 11.5 Å². The van der Waals surface area contributed by atoms with Crippen LogP contribution in [0.4, 0.5) is 0 Å². The molecule has 1 aromatic rings. The van der Waals surface area contributed by atoms with Gasteiger partial charge in [0, 0.05) is 32.8 Å². The van der Waals surface area contributed by atoms with Gasteiger partial charge >= 0.3 is 0 Å². The molecular weight excluding hydrogens is 314 g/mol. The molecule has 1 fully saturated rings. The van der Waals surface area contributed by atoms with Gasteiger partial charge in [-0.25, -0.2) is 0 Å². The van der Waals surface area contributed by atoms with Crippen LogP contribution in [0.5, 0.6) is 0 Å². The van der Waals surface area contributed by atoms with Crippen molar-refractivity contribution < 1.29 is 9.00 Å². The van der Waals surface area contributed by atoms with E-state index in [1.54, 1.807) is 0 Å². The summed E-state index contributed by atoms with van der Waals surface area (Å²) in [5.41, 5.74) is 1.78. The van der Waals surface area contributed by atoms with Gasteiger partial charge in [0.15, 0.2) is 0 Å². The molecule has 98 valence electrons. The molecule has 2 rings (SSSR count). The normalized spacial score (nSPS) is 23.7. The predicted octanol–water partition coefficient (Wildman–Crippen LogP) is 2.40. The number of carbonyl (C=O) groups is 1. The quantitative estimate of drug-likeness (QED) is 0.905. The zero-order valence-corrected chi connectivity index (χ0v) is 12.6. The van der Waals surface area contributed by atoms with Crippen LogP contribution in [0.25, 0.3) is 0 Å². The molecule has 1 heterocycles. The van der Waals surface area contributed by atoms with Crippen LogP contribution in [0.2, 0.25) is 0 Å². The third-order valence-electron chi connectivity index (χ3n) is 3.09. The Morgan fingerprint density at radius 1 is 1.39 bits per heavy atom. The molecular formula is C13H16BrNO2S. The van der Waals surface area contributed by atoms with Gasteiger partial charge in [0.25, 0.3) is 5.91 Å². The number of benzene rings is 1. The zero-order chi connectivity index (χ0) is 13.1. The van der Waals surface area contributed by atoms with Crippen LogP contribution in [-0.4, -0.2) is 27.7 Å². The van der Waals surface area contributed by atoms with Gasteiger partial charge in [0.05, 0.1) is 5.56 Å². The maximum atomic E-state index is 12.1. The molecule has 0 radical (unpaired) electrons. The molecule has 1 N–H and O–H groups in total. The van der Waals surface area contributed by atoms with Crippen molar-refractivity contribution in [2.45, 2.75) is 25.8 Å². The molecule has 1 aliphatic heterocycles. The highest BCUT2D eigenvalue weighted by Gasteiger charge is 2.20. The van der Waals surface area contributed by atoms with E-state index < -0.39 is 10.8 Å². The molecule has 0 saturated carbocycles. The first kappa shape index (κ1) is 13.7. The van der Waals surface area contributed by atoms with Crippen molar-refractivity contribution >= 4 is 32.6 Å².